The van der Waals surface area contributed by atoms with Crippen LogP contribution in [0.4, 0.5) is 0 Å². The Kier molecular flexibility index (Phi) is 15.6. The summed E-state index contributed by atoms with van der Waals surface area (Å²) in [5.74, 6) is -0.599. The van der Waals surface area contributed by atoms with Gasteiger partial charge in [-0.1, -0.05) is 0 Å². The van der Waals surface area contributed by atoms with Gasteiger partial charge in [-0.15, -0.1) is 0 Å². The zero-order valence-electron chi connectivity index (χ0n) is 15.1. The van der Waals surface area contributed by atoms with E-state index in [4.69, 9.17) is 9.96 Å². The molecular formula is C15H31O6Ti. The standard InChI is InChI=1S/C6H10O3.3C3H7O.Ti/c1-3-9-6(8)4-5(2)7;3*1-3(2)4;/h3-4H2,1-2H3;3*3H,1-2H3;/q;3*-1;+3. The molecule has 0 spiro atoms. The number of ether oxygens (including phenoxy) is 1. The van der Waals surface area contributed by atoms with Crippen molar-refractivity contribution in [2.45, 2.75) is 80.1 Å². The topological polar surface area (TPSA) is 71.1 Å². The van der Waals surface area contributed by atoms with Crippen molar-refractivity contribution in [3.05, 3.63) is 0 Å². The van der Waals surface area contributed by atoms with Gasteiger partial charge in [0.05, 0.1) is 6.61 Å². The molecule has 0 aromatic heterocycles. The van der Waals surface area contributed by atoms with Crippen molar-refractivity contribution < 1.29 is 43.3 Å². The van der Waals surface area contributed by atoms with Gasteiger partial charge in [-0.3, -0.25) is 9.59 Å². The number of ketones is 1. The smallest absolute Gasteiger partial charge is 0.313 e. The van der Waals surface area contributed by atoms with Crippen LogP contribution in [0.25, 0.3) is 0 Å². The molecule has 0 aliphatic heterocycles. The molecule has 131 valence electrons. The normalized spacial score (nSPS) is 10.5. The minimum Gasteiger partial charge on any atom is -0.466 e. The zero-order valence-corrected chi connectivity index (χ0v) is 16.7. The number of hydrogen-bond donors (Lipinski definition) is 0. The van der Waals surface area contributed by atoms with Crippen LogP contribution in [0, 0.1) is 0 Å². The van der Waals surface area contributed by atoms with Crippen molar-refractivity contribution in [2.75, 3.05) is 6.61 Å². The van der Waals surface area contributed by atoms with Crippen LogP contribution in [0.15, 0.2) is 0 Å². The SMILES string of the molecule is CC(C)[O][Ti]([O]C(C)C)[O]C(C)C.CCOC(=O)CC(C)=O. The molecule has 22 heavy (non-hydrogen) atoms. The second-order valence-corrected chi connectivity index (χ2v) is 7.32. The number of hydrogen-bond acceptors (Lipinski definition) is 6. The van der Waals surface area contributed by atoms with Gasteiger partial charge in [0, 0.05) is 0 Å². The third kappa shape index (κ3) is 19.7. The van der Waals surface area contributed by atoms with Gasteiger partial charge in [0.15, 0.2) is 0 Å². The minimum absolute atomic E-state index is 0.103. The van der Waals surface area contributed by atoms with Gasteiger partial charge in [0.25, 0.3) is 0 Å². The van der Waals surface area contributed by atoms with Crippen LogP contribution in [0.1, 0.15) is 61.8 Å². The van der Waals surface area contributed by atoms with Crippen molar-refractivity contribution in [3.63, 3.8) is 0 Å². The largest absolute Gasteiger partial charge is 0.466 e. The molecule has 0 bridgehead atoms. The summed E-state index contributed by atoms with van der Waals surface area (Å²) in [5.41, 5.74) is 0. The monoisotopic (exact) mass is 355 g/mol. The molecule has 0 aliphatic rings. The Morgan fingerprint density at radius 2 is 1.23 bits per heavy atom. The van der Waals surface area contributed by atoms with Crippen LogP contribution in [0.5, 0.6) is 0 Å². The number of carbonyl (C=O) groups is 2. The van der Waals surface area contributed by atoms with Gasteiger partial charge < -0.3 is 4.74 Å². The van der Waals surface area contributed by atoms with E-state index in [9.17, 15) is 9.59 Å². The maximum Gasteiger partial charge on any atom is 0.313 e. The summed E-state index contributed by atoms with van der Waals surface area (Å²) in [5, 5.41) is 0. The summed E-state index contributed by atoms with van der Waals surface area (Å²) in [6.07, 6.45) is 0.459. The van der Waals surface area contributed by atoms with Crippen LogP contribution in [-0.2, 0) is 43.3 Å². The summed E-state index contributed by atoms with van der Waals surface area (Å²) in [6, 6.07) is 0. The Bertz CT molecular complexity index is 281. The van der Waals surface area contributed by atoms with Crippen molar-refractivity contribution in [1.29, 1.82) is 0 Å². The molecule has 0 aromatic rings. The average Bonchev–Trinajstić information content (AvgIpc) is 2.25. The molecular weight excluding hydrogens is 324 g/mol. The van der Waals surface area contributed by atoms with E-state index in [1.165, 1.54) is 6.92 Å². The quantitative estimate of drug-likeness (QED) is 0.359. The van der Waals surface area contributed by atoms with Gasteiger partial charge in [0.2, 0.25) is 0 Å². The molecule has 0 N–H and O–H groups in total. The third-order valence-corrected chi connectivity index (χ3v) is 4.80. The molecule has 0 saturated carbocycles. The number of rotatable bonds is 9. The van der Waals surface area contributed by atoms with Crippen LogP contribution < -0.4 is 0 Å². The Morgan fingerprint density at radius 1 is 0.864 bits per heavy atom. The van der Waals surface area contributed by atoms with Crippen LogP contribution in [0.3, 0.4) is 0 Å². The van der Waals surface area contributed by atoms with E-state index in [1.807, 2.05) is 41.5 Å². The molecule has 0 saturated heterocycles. The van der Waals surface area contributed by atoms with Gasteiger partial charge in [-0.2, -0.15) is 0 Å². The van der Waals surface area contributed by atoms with Crippen molar-refractivity contribution >= 4 is 11.8 Å². The van der Waals surface area contributed by atoms with E-state index in [0.29, 0.717) is 6.61 Å². The number of carbonyl (C=O) groups excluding carboxylic acids is 2. The van der Waals surface area contributed by atoms with Crippen molar-refractivity contribution in [2.24, 2.45) is 0 Å². The first kappa shape index (κ1) is 24.0. The van der Waals surface area contributed by atoms with Crippen LogP contribution >= 0.6 is 0 Å². The molecule has 0 unspecified atom stereocenters. The van der Waals surface area contributed by atoms with E-state index >= 15 is 0 Å². The second-order valence-electron chi connectivity index (χ2n) is 5.43. The Morgan fingerprint density at radius 3 is 1.45 bits per heavy atom. The van der Waals surface area contributed by atoms with E-state index in [1.54, 1.807) is 6.92 Å². The van der Waals surface area contributed by atoms with Gasteiger partial charge >= 0.3 is 94.8 Å². The molecule has 0 rings (SSSR count). The first-order valence-corrected chi connectivity index (χ1v) is 9.51. The molecule has 0 radical (unpaired) electrons. The summed E-state index contributed by atoms with van der Waals surface area (Å²) in [7, 11) is 0. The molecule has 0 amide bonds. The summed E-state index contributed by atoms with van der Waals surface area (Å²) in [4.78, 5) is 20.6. The summed E-state index contributed by atoms with van der Waals surface area (Å²) >= 11 is -2.18. The second kappa shape index (κ2) is 14.3. The molecule has 0 aromatic carbocycles. The molecule has 0 aliphatic carbocycles. The molecule has 7 heteroatoms. The summed E-state index contributed by atoms with van der Waals surface area (Å²) in [6.45, 7) is 15.4. The predicted octanol–water partition coefficient (Wildman–Crippen LogP) is 3.15. The van der Waals surface area contributed by atoms with Crippen molar-refractivity contribution in [3.8, 4) is 0 Å². The first-order valence-electron chi connectivity index (χ1n) is 7.60. The molecule has 0 atom stereocenters. The van der Waals surface area contributed by atoms with Gasteiger partial charge in [-0.05, 0) is 13.8 Å². The Balaban J connectivity index is 0. The molecule has 0 heterocycles. The van der Waals surface area contributed by atoms with Crippen LogP contribution in [-0.4, -0.2) is 36.7 Å². The molecule has 0 fully saturated rings. The number of esters is 1. The number of Topliss-reactive ketones (excluding diaryl/α,β-unsaturated/α-hetero) is 1. The van der Waals surface area contributed by atoms with Gasteiger partial charge in [-0.25, -0.2) is 0 Å². The third-order valence-electron chi connectivity index (χ3n) is 1.69. The fraction of sp³-hybridized carbons (Fsp3) is 0.867. The van der Waals surface area contributed by atoms with E-state index < -0.39 is 25.0 Å². The Labute approximate surface area is 142 Å². The predicted molar refractivity (Wildman–Crippen MR) is 80.6 cm³/mol. The van der Waals surface area contributed by atoms with E-state index in [2.05, 4.69) is 4.74 Å². The van der Waals surface area contributed by atoms with Crippen molar-refractivity contribution in [1.82, 2.24) is 0 Å². The molecule has 6 nitrogen and oxygen atoms in total. The van der Waals surface area contributed by atoms with Crippen LogP contribution in [0.2, 0.25) is 0 Å². The first-order chi connectivity index (χ1) is 10.1. The fourth-order valence-electron chi connectivity index (χ4n) is 1.08. The summed E-state index contributed by atoms with van der Waals surface area (Å²) < 4.78 is 21.3. The average molecular weight is 355 g/mol. The maximum absolute atomic E-state index is 10.4. The van der Waals surface area contributed by atoms with E-state index in [0.717, 1.165) is 0 Å². The van der Waals surface area contributed by atoms with E-state index in [-0.39, 0.29) is 30.5 Å². The van der Waals surface area contributed by atoms with Gasteiger partial charge in [0.1, 0.15) is 12.2 Å². The minimum atomic E-state index is -2.18. The Hall–Kier alpha value is -0.266. The maximum atomic E-state index is 10.4. The zero-order chi connectivity index (χ0) is 17.7. The fourth-order valence-corrected chi connectivity index (χ4v) is 3.14.